The van der Waals surface area contributed by atoms with Crippen LogP contribution in [0.15, 0.2) is 18.2 Å². The molecule has 0 bridgehead atoms. The first-order chi connectivity index (χ1) is 10.1. The lowest BCUT2D eigenvalue weighted by atomic mass is 10.0. The highest BCUT2D eigenvalue weighted by molar-refractivity contribution is 6.43. The molecule has 1 amide bonds. The zero-order valence-electron chi connectivity index (χ0n) is 11.8. The van der Waals surface area contributed by atoms with Crippen molar-refractivity contribution in [3.8, 4) is 0 Å². The molecule has 0 aliphatic carbocycles. The predicted octanol–water partition coefficient (Wildman–Crippen LogP) is 3.55. The van der Waals surface area contributed by atoms with E-state index in [-0.39, 0.29) is 16.9 Å². The zero-order chi connectivity index (χ0) is 15.4. The van der Waals surface area contributed by atoms with Crippen molar-refractivity contribution in [2.24, 2.45) is 0 Å². The average molecular weight is 330 g/mol. The first kappa shape index (κ1) is 16.1. The molecule has 1 fully saturated rings. The third kappa shape index (κ3) is 3.50. The van der Waals surface area contributed by atoms with E-state index in [1.807, 2.05) is 0 Å². The molecule has 1 saturated heterocycles. The standard InChI is InChI=1S/C15H17Cl2NO3/c1-2-21-15(20)12-8-3-4-9-18(12)14(19)10-6-5-7-11(16)13(10)17/h5-7,12H,2-4,8-9H2,1H3. The summed E-state index contributed by atoms with van der Waals surface area (Å²) < 4.78 is 5.06. The minimum atomic E-state index is -0.541. The Labute approximate surface area is 134 Å². The van der Waals surface area contributed by atoms with Crippen LogP contribution in [0.5, 0.6) is 0 Å². The summed E-state index contributed by atoms with van der Waals surface area (Å²) in [5.41, 5.74) is 0.320. The maximum absolute atomic E-state index is 12.7. The van der Waals surface area contributed by atoms with E-state index < -0.39 is 6.04 Å². The van der Waals surface area contributed by atoms with E-state index in [9.17, 15) is 9.59 Å². The summed E-state index contributed by atoms with van der Waals surface area (Å²) in [7, 11) is 0. The molecule has 0 N–H and O–H groups in total. The molecule has 114 valence electrons. The minimum Gasteiger partial charge on any atom is -0.464 e. The topological polar surface area (TPSA) is 46.6 Å². The maximum atomic E-state index is 12.7. The first-order valence-electron chi connectivity index (χ1n) is 6.98. The fourth-order valence-electron chi connectivity index (χ4n) is 2.48. The highest BCUT2D eigenvalue weighted by Gasteiger charge is 2.34. The van der Waals surface area contributed by atoms with Gasteiger partial charge in [0.2, 0.25) is 0 Å². The quantitative estimate of drug-likeness (QED) is 0.796. The molecule has 6 heteroatoms. The number of carbonyl (C=O) groups excluding carboxylic acids is 2. The van der Waals surface area contributed by atoms with E-state index >= 15 is 0 Å². The Balaban J connectivity index is 2.26. The summed E-state index contributed by atoms with van der Waals surface area (Å²) in [6.45, 7) is 2.57. The monoisotopic (exact) mass is 329 g/mol. The Morgan fingerprint density at radius 1 is 1.33 bits per heavy atom. The lowest BCUT2D eigenvalue weighted by Crippen LogP contribution is -2.48. The molecule has 1 aromatic rings. The minimum absolute atomic E-state index is 0.220. The molecule has 21 heavy (non-hydrogen) atoms. The second kappa shape index (κ2) is 7.14. The molecule has 1 heterocycles. The van der Waals surface area contributed by atoms with Crippen molar-refractivity contribution in [2.45, 2.75) is 32.2 Å². The van der Waals surface area contributed by atoms with Gasteiger partial charge in [-0.2, -0.15) is 0 Å². The van der Waals surface area contributed by atoms with Crippen LogP contribution in [-0.4, -0.2) is 36.0 Å². The number of hydrogen-bond acceptors (Lipinski definition) is 3. The van der Waals surface area contributed by atoms with Gasteiger partial charge < -0.3 is 9.64 Å². The van der Waals surface area contributed by atoms with E-state index in [0.29, 0.717) is 30.2 Å². The fraction of sp³-hybridized carbons (Fsp3) is 0.467. The normalized spacial score (nSPS) is 18.4. The summed E-state index contributed by atoms with van der Waals surface area (Å²) in [6.07, 6.45) is 2.37. The van der Waals surface area contributed by atoms with Crippen molar-refractivity contribution in [1.29, 1.82) is 0 Å². The molecule has 1 aliphatic heterocycles. The Kier molecular flexibility index (Phi) is 5.48. The molecule has 1 unspecified atom stereocenters. The van der Waals surface area contributed by atoms with Crippen LogP contribution in [0.2, 0.25) is 10.0 Å². The number of piperidine rings is 1. The van der Waals surface area contributed by atoms with Gasteiger partial charge in [-0.3, -0.25) is 4.79 Å². The molecule has 1 aliphatic rings. The number of carbonyl (C=O) groups is 2. The van der Waals surface area contributed by atoms with E-state index in [1.165, 1.54) is 0 Å². The number of ether oxygens (including phenoxy) is 1. The maximum Gasteiger partial charge on any atom is 0.328 e. The summed E-state index contributed by atoms with van der Waals surface area (Å²) in [4.78, 5) is 26.2. The van der Waals surface area contributed by atoms with Gasteiger partial charge in [0.05, 0.1) is 22.2 Å². The molecule has 2 rings (SSSR count). The van der Waals surface area contributed by atoms with E-state index in [4.69, 9.17) is 27.9 Å². The third-order valence-corrected chi connectivity index (χ3v) is 4.32. The Morgan fingerprint density at radius 3 is 2.81 bits per heavy atom. The third-order valence-electron chi connectivity index (χ3n) is 3.50. The highest BCUT2D eigenvalue weighted by atomic mass is 35.5. The SMILES string of the molecule is CCOC(=O)C1CCCCN1C(=O)c1cccc(Cl)c1Cl. The molecular weight excluding hydrogens is 313 g/mol. The van der Waals surface area contributed by atoms with Crippen LogP contribution in [0.25, 0.3) is 0 Å². The van der Waals surface area contributed by atoms with E-state index in [2.05, 4.69) is 0 Å². The number of rotatable bonds is 3. The molecule has 1 atom stereocenters. The number of amides is 1. The summed E-state index contributed by atoms with van der Waals surface area (Å²) in [6, 6.07) is 4.37. The van der Waals surface area contributed by atoms with Crippen molar-refractivity contribution >= 4 is 35.1 Å². The fourth-order valence-corrected chi connectivity index (χ4v) is 2.86. The van der Waals surface area contributed by atoms with Crippen LogP contribution in [0.4, 0.5) is 0 Å². The van der Waals surface area contributed by atoms with Crippen molar-refractivity contribution < 1.29 is 14.3 Å². The van der Waals surface area contributed by atoms with Crippen molar-refractivity contribution in [2.75, 3.05) is 13.2 Å². The Hall–Kier alpha value is -1.26. The van der Waals surface area contributed by atoms with E-state index in [1.54, 1.807) is 30.0 Å². The van der Waals surface area contributed by atoms with E-state index in [0.717, 1.165) is 12.8 Å². The second-order valence-electron chi connectivity index (χ2n) is 4.86. The zero-order valence-corrected chi connectivity index (χ0v) is 13.3. The predicted molar refractivity (Wildman–Crippen MR) is 81.8 cm³/mol. The van der Waals surface area contributed by atoms with Crippen molar-refractivity contribution in [3.05, 3.63) is 33.8 Å². The number of halogens is 2. The number of esters is 1. The smallest absolute Gasteiger partial charge is 0.328 e. The van der Waals surface area contributed by atoms with Crippen LogP contribution >= 0.6 is 23.2 Å². The lowest BCUT2D eigenvalue weighted by Gasteiger charge is -2.34. The highest BCUT2D eigenvalue weighted by Crippen LogP contribution is 2.28. The molecule has 0 aromatic heterocycles. The van der Waals surface area contributed by atoms with Gasteiger partial charge in [-0.1, -0.05) is 29.3 Å². The summed E-state index contributed by atoms with van der Waals surface area (Å²) in [5.74, 6) is -0.635. The van der Waals surface area contributed by atoms with Gasteiger partial charge in [-0.05, 0) is 38.3 Å². The van der Waals surface area contributed by atoms with Crippen LogP contribution in [-0.2, 0) is 9.53 Å². The van der Waals surface area contributed by atoms with Gasteiger partial charge in [0.25, 0.3) is 5.91 Å². The number of hydrogen-bond donors (Lipinski definition) is 0. The van der Waals surface area contributed by atoms with Crippen LogP contribution in [0.1, 0.15) is 36.5 Å². The van der Waals surface area contributed by atoms with Crippen molar-refractivity contribution in [1.82, 2.24) is 4.90 Å². The largest absolute Gasteiger partial charge is 0.464 e. The molecule has 0 saturated carbocycles. The van der Waals surface area contributed by atoms with Crippen LogP contribution < -0.4 is 0 Å². The van der Waals surface area contributed by atoms with Gasteiger partial charge >= 0.3 is 5.97 Å². The second-order valence-corrected chi connectivity index (χ2v) is 5.65. The number of nitrogens with zero attached hydrogens (tertiary/aromatic N) is 1. The molecule has 1 aromatic carbocycles. The molecule has 0 spiro atoms. The van der Waals surface area contributed by atoms with Gasteiger partial charge in [-0.25, -0.2) is 4.79 Å². The Morgan fingerprint density at radius 2 is 2.10 bits per heavy atom. The van der Waals surface area contributed by atoms with Crippen LogP contribution in [0.3, 0.4) is 0 Å². The number of likely N-dealkylation sites (tertiary alicyclic amines) is 1. The van der Waals surface area contributed by atoms with Gasteiger partial charge in [0, 0.05) is 6.54 Å². The average Bonchev–Trinajstić information content (AvgIpc) is 2.49. The first-order valence-corrected chi connectivity index (χ1v) is 7.73. The number of benzene rings is 1. The lowest BCUT2D eigenvalue weighted by molar-refractivity contribution is -0.149. The molecule has 4 nitrogen and oxygen atoms in total. The summed E-state index contributed by atoms with van der Waals surface area (Å²) in [5, 5.41) is 0.546. The summed E-state index contributed by atoms with van der Waals surface area (Å²) >= 11 is 12.1. The van der Waals surface area contributed by atoms with Crippen LogP contribution in [0, 0.1) is 0 Å². The molecular formula is C15H17Cl2NO3. The van der Waals surface area contributed by atoms with Crippen molar-refractivity contribution in [3.63, 3.8) is 0 Å². The van der Waals surface area contributed by atoms with Gasteiger partial charge in [-0.15, -0.1) is 0 Å². The molecule has 0 radical (unpaired) electrons. The van der Waals surface area contributed by atoms with Gasteiger partial charge in [0.15, 0.2) is 0 Å². The van der Waals surface area contributed by atoms with Gasteiger partial charge in [0.1, 0.15) is 6.04 Å². The Bertz CT molecular complexity index is 548.